The standard InChI is InChI=1S/C13H16BrNO3/c1-13(2,3)18-12(17)11(16)15-8-9-4-6-10(14)7-5-9/h4-7H,8H2,1-3H3,(H,15,16). The van der Waals surface area contributed by atoms with Gasteiger partial charge in [0, 0.05) is 11.0 Å². The molecule has 1 amide bonds. The van der Waals surface area contributed by atoms with Crippen molar-refractivity contribution < 1.29 is 14.3 Å². The van der Waals surface area contributed by atoms with Crippen LogP contribution in [-0.2, 0) is 20.9 Å². The Morgan fingerprint density at radius 1 is 1.22 bits per heavy atom. The summed E-state index contributed by atoms with van der Waals surface area (Å²) < 4.78 is 5.91. The summed E-state index contributed by atoms with van der Waals surface area (Å²) in [5.74, 6) is -1.59. The molecule has 0 aliphatic rings. The Morgan fingerprint density at radius 2 is 1.78 bits per heavy atom. The van der Waals surface area contributed by atoms with Gasteiger partial charge in [-0.2, -0.15) is 0 Å². The van der Waals surface area contributed by atoms with Crippen molar-refractivity contribution in [3.05, 3.63) is 34.3 Å². The van der Waals surface area contributed by atoms with Crippen LogP contribution >= 0.6 is 15.9 Å². The Balaban J connectivity index is 2.46. The molecule has 0 spiro atoms. The van der Waals surface area contributed by atoms with E-state index in [0.29, 0.717) is 6.54 Å². The summed E-state index contributed by atoms with van der Waals surface area (Å²) in [6.45, 7) is 5.44. The zero-order valence-corrected chi connectivity index (χ0v) is 12.2. The average Bonchev–Trinajstić information content (AvgIpc) is 2.25. The summed E-state index contributed by atoms with van der Waals surface area (Å²) in [4.78, 5) is 22.9. The number of hydrogen-bond donors (Lipinski definition) is 1. The molecule has 0 radical (unpaired) electrons. The highest BCUT2D eigenvalue weighted by Gasteiger charge is 2.22. The highest BCUT2D eigenvalue weighted by molar-refractivity contribution is 9.10. The van der Waals surface area contributed by atoms with Crippen LogP contribution in [0.15, 0.2) is 28.7 Å². The van der Waals surface area contributed by atoms with Crippen molar-refractivity contribution in [2.75, 3.05) is 0 Å². The highest BCUT2D eigenvalue weighted by Crippen LogP contribution is 2.10. The quantitative estimate of drug-likeness (QED) is 0.674. The summed E-state index contributed by atoms with van der Waals surface area (Å²) in [6.07, 6.45) is 0. The molecule has 98 valence electrons. The molecule has 5 heteroatoms. The summed E-state index contributed by atoms with van der Waals surface area (Å²) in [6, 6.07) is 7.46. The maximum Gasteiger partial charge on any atom is 0.397 e. The van der Waals surface area contributed by atoms with Crippen LogP contribution in [0, 0.1) is 0 Å². The molecular formula is C13H16BrNO3. The van der Waals surface area contributed by atoms with Crippen LogP contribution in [0.3, 0.4) is 0 Å². The second-order valence-corrected chi connectivity index (χ2v) is 5.73. The Kier molecular flexibility index (Phi) is 4.90. The lowest BCUT2D eigenvalue weighted by Crippen LogP contribution is -2.36. The first-order chi connectivity index (χ1) is 8.28. The maximum atomic E-state index is 11.5. The molecule has 1 rings (SSSR count). The first-order valence-corrected chi connectivity index (χ1v) is 6.33. The monoisotopic (exact) mass is 313 g/mol. The number of esters is 1. The lowest BCUT2D eigenvalue weighted by Gasteiger charge is -2.18. The largest absolute Gasteiger partial charge is 0.453 e. The molecule has 0 heterocycles. The number of carbonyl (C=O) groups is 2. The van der Waals surface area contributed by atoms with E-state index in [1.807, 2.05) is 24.3 Å². The number of amides is 1. The Hall–Kier alpha value is -1.36. The molecule has 0 atom stereocenters. The summed E-state index contributed by atoms with van der Waals surface area (Å²) in [5.41, 5.74) is 0.251. The first kappa shape index (κ1) is 14.7. The second-order valence-electron chi connectivity index (χ2n) is 4.81. The normalized spacial score (nSPS) is 10.9. The van der Waals surface area contributed by atoms with Gasteiger partial charge in [0.15, 0.2) is 0 Å². The van der Waals surface area contributed by atoms with Crippen LogP contribution in [-0.4, -0.2) is 17.5 Å². The van der Waals surface area contributed by atoms with E-state index in [1.54, 1.807) is 20.8 Å². The van der Waals surface area contributed by atoms with E-state index < -0.39 is 17.5 Å². The van der Waals surface area contributed by atoms with Gasteiger partial charge in [-0.05, 0) is 38.5 Å². The van der Waals surface area contributed by atoms with Gasteiger partial charge in [0.25, 0.3) is 0 Å². The Labute approximate surface area is 115 Å². The number of carbonyl (C=O) groups excluding carboxylic acids is 2. The smallest absolute Gasteiger partial charge is 0.397 e. The van der Waals surface area contributed by atoms with Crippen LogP contribution in [0.2, 0.25) is 0 Å². The number of hydrogen-bond acceptors (Lipinski definition) is 3. The third-order valence-electron chi connectivity index (χ3n) is 1.95. The molecule has 18 heavy (non-hydrogen) atoms. The first-order valence-electron chi connectivity index (χ1n) is 5.53. The third kappa shape index (κ3) is 5.31. The number of halogens is 1. The predicted octanol–water partition coefficient (Wildman–Crippen LogP) is 2.41. The number of benzene rings is 1. The lowest BCUT2D eigenvalue weighted by molar-refractivity contribution is -0.163. The van der Waals surface area contributed by atoms with Gasteiger partial charge < -0.3 is 10.1 Å². The molecule has 1 aromatic rings. The molecule has 0 bridgehead atoms. The summed E-state index contributed by atoms with van der Waals surface area (Å²) >= 11 is 3.32. The zero-order valence-electron chi connectivity index (χ0n) is 10.6. The molecule has 0 saturated heterocycles. The van der Waals surface area contributed by atoms with Crippen molar-refractivity contribution in [3.63, 3.8) is 0 Å². The van der Waals surface area contributed by atoms with Gasteiger partial charge in [0.1, 0.15) is 5.60 Å². The third-order valence-corrected chi connectivity index (χ3v) is 2.48. The molecular weight excluding hydrogens is 298 g/mol. The van der Waals surface area contributed by atoms with Gasteiger partial charge in [-0.15, -0.1) is 0 Å². The zero-order chi connectivity index (χ0) is 13.8. The molecule has 1 aromatic carbocycles. The highest BCUT2D eigenvalue weighted by atomic mass is 79.9. The minimum atomic E-state index is -0.861. The number of rotatable bonds is 2. The van der Waals surface area contributed by atoms with E-state index in [9.17, 15) is 9.59 Å². The van der Waals surface area contributed by atoms with Crippen molar-refractivity contribution in [1.82, 2.24) is 5.32 Å². The lowest BCUT2D eigenvalue weighted by atomic mass is 10.2. The van der Waals surface area contributed by atoms with Crippen LogP contribution in [0.4, 0.5) is 0 Å². The SMILES string of the molecule is CC(C)(C)OC(=O)C(=O)NCc1ccc(Br)cc1. The van der Waals surface area contributed by atoms with Crippen molar-refractivity contribution in [2.24, 2.45) is 0 Å². The van der Waals surface area contributed by atoms with Gasteiger partial charge in [-0.25, -0.2) is 4.79 Å². The van der Waals surface area contributed by atoms with Crippen molar-refractivity contribution in [1.29, 1.82) is 0 Å². The Bertz CT molecular complexity index is 435. The van der Waals surface area contributed by atoms with E-state index >= 15 is 0 Å². The molecule has 0 fully saturated rings. The minimum absolute atomic E-state index is 0.297. The maximum absolute atomic E-state index is 11.5. The van der Waals surface area contributed by atoms with Gasteiger partial charge >= 0.3 is 11.9 Å². The van der Waals surface area contributed by atoms with Crippen LogP contribution in [0.25, 0.3) is 0 Å². The van der Waals surface area contributed by atoms with E-state index in [2.05, 4.69) is 21.2 Å². The molecule has 0 unspecified atom stereocenters. The van der Waals surface area contributed by atoms with Crippen molar-refractivity contribution >= 4 is 27.8 Å². The molecule has 1 N–H and O–H groups in total. The fourth-order valence-electron chi connectivity index (χ4n) is 1.18. The average molecular weight is 314 g/mol. The van der Waals surface area contributed by atoms with Gasteiger partial charge in [-0.3, -0.25) is 4.79 Å². The van der Waals surface area contributed by atoms with E-state index in [0.717, 1.165) is 10.0 Å². The summed E-state index contributed by atoms with van der Waals surface area (Å²) in [7, 11) is 0. The number of ether oxygens (including phenoxy) is 1. The van der Waals surface area contributed by atoms with Crippen molar-refractivity contribution in [3.8, 4) is 0 Å². The molecule has 0 aromatic heterocycles. The van der Waals surface area contributed by atoms with Gasteiger partial charge in [0.2, 0.25) is 0 Å². The second kappa shape index (κ2) is 6.00. The van der Waals surface area contributed by atoms with E-state index in [1.165, 1.54) is 0 Å². The summed E-state index contributed by atoms with van der Waals surface area (Å²) in [5, 5.41) is 2.51. The molecule has 0 aliphatic carbocycles. The molecule has 0 aliphatic heterocycles. The fourth-order valence-corrected chi connectivity index (χ4v) is 1.45. The van der Waals surface area contributed by atoms with Crippen LogP contribution < -0.4 is 5.32 Å². The molecule has 4 nitrogen and oxygen atoms in total. The van der Waals surface area contributed by atoms with Crippen molar-refractivity contribution in [2.45, 2.75) is 32.9 Å². The predicted molar refractivity (Wildman–Crippen MR) is 71.8 cm³/mol. The molecule has 0 saturated carbocycles. The number of nitrogens with one attached hydrogen (secondary N) is 1. The van der Waals surface area contributed by atoms with E-state index in [-0.39, 0.29) is 0 Å². The van der Waals surface area contributed by atoms with Crippen LogP contribution in [0.1, 0.15) is 26.3 Å². The Morgan fingerprint density at radius 3 is 2.28 bits per heavy atom. The van der Waals surface area contributed by atoms with Gasteiger partial charge in [-0.1, -0.05) is 28.1 Å². The van der Waals surface area contributed by atoms with Crippen LogP contribution in [0.5, 0.6) is 0 Å². The van der Waals surface area contributed by atoms with E-state index in [4.69, 9.17) is 4.74 Å². The van der Waals surface area contributed by atoms with Gasteiger partial charge in [0.05, 0.1) is 0 Å². The topological polar surface area (TPSA) is 55.4 Å². The fraction of sp³-hybridized carbons (Fsp3) is 0.385. The minimum Gasteiger partial charge on any atom is -0.453 e.